The maximum absolute atomic E-state index is 6.42. The van der Waals surface area contributed by atoms with Gasteiger partial charge in [0, 0.05) is 16.3 Å². The summed E-state index contributed by atoms with van der Waals surface area (Å²) < 4.78 is 6.18. The molecular weight excluding hydrogens is 340 g/mol. The normalized spacial score (nSPS) is 11.3. The van der Waals surface area contributed by atoms with E-state index in [1.54, 1.807) is 0 Å². The largest absolute Gasteiger partial charge is 0.455 e. The monoisotopic (exact) mass is 354 g/mol. The summed E-state index contributed by atoms with van der Waals surface area (Å²) in [5, 5.41) is 2.75. The number of hydrogen-bond donors (Lipinski definition) is 0. The van der Waals surface area contributed by atoms with E-state index in [1.165, 1.54) is 11.1 Å². The minimum Gasteiger partial charge on any atom is -0.455 e. The van der Waals surface area contributed by atoms with Crippen molar-refractivity contribution in [3.05, 3.63) is 96.0 Å². The average Bonchev–Trinajstić information content (AvgIpc) is 3.09. The Morgan fingerprint density at radius 1 is 0.615 bits per heavy atom. The van der Waals surface area contributed by atoms with Crippen molar-refractivity contribution in [3.8, 4) is 22.3 Å². The lowest BCUT2D eigenvalue weighted by atomic mass is 9.98. The maximum atomic E-state index is 6.42. The highest BCUT2D eigenvalue weighted by Crippen LogP contribution is 2.39. The molecule has 5 rings (SSSR count). The minimum absolute atomic E-state index is 0.719. The second-order valence-electron chi connectivity index (χ2n) is 6.34. The van der Waals surface area contributed by atoms with Gasteiger partial charge in [-0.15, -0.1) is 0 Å². The highest BCUT2D eigenvalue weighted by Gasteiger charge is 2.14. The fourth-order valence-corrected chi connectivity index (χ4v) is 3.80. The van der Waals surface area contributed by atoms with Crippen molar-refractivity contribution >= 4 is 33.5 Å². The number of halogens is 1. The molecule has 0 saturated heterocycles. The van der Waals surface area contributed by atoms with Crippen LogP contribution in [-0.2, 0) is 0 Å². The van der Waals surface area contributed by atoms with Crippen LogP contribution in [0.5, 0.6) is 0 Å². The van der Waals surface area contributed by atoms with Gasteiger partial charge in [-0.25, -0.2) is 0 Å². The quantitative estimate of drug-likeness (QED) is 0.318. The Morgan fingerprint density at radius 3 is 2.23 bits per heavy atom. The zero-order chi connectivity index (χ0) is 17.5. The van der Waals surface area contributed by atoms with Crippen LogP contribution in [-0.4, -0.2) is 0 Å². The first-order valence-corrected chi connectivity index (χ1v) is 8.95. The lowest BCUT2D eigenvalue weighted by Crippen LogP contribution is -1.82. The van der Waals surface area contributed by atoms with Crippen LogP contribution in [0.1, 0.15) is 0 Å². The van der Waals surface area contributed by atoms with Gasteiger partial charge in [-0.1, -0.05) is 84.4 Å². The number of rotatable bonds is 2. The first-order valence-electron chi connectivity index (χ1n) is 8.57. The number of furan rings is 1. The van der Waals surface area contributed by atoms with Gasteiger partial charge in [-0.05, 0) is 34.9 Å². The van der Waals surface area contributed by atoms with Crippen LogP contribution in [0, 0.1) is 0 Å². The molecule has 0 bridgehead atoms. The van der Waals surface area contributed by atoms with Gasteiger partial charge in [-0.3, -0.25) is 0 Å². The summed E-state index contributed by atoms with van der Waals surface area (Å²) in [5.41, 5.74) is 6.29. The van der Waals surface area contributed by atoms with Crippen molar-refractivity contribution in [1.29, 1.82) is 0 Å². The van der Waals surface area contributed by atoms with Gasteiger partial charge in [0.05, 0.1) is 5.02 Å². The molecule has 1 nitrogen and oxygen atoms in total. The van der Waals surface area contributed by atoms with E-state index in [9.17, 15) is 0 Å². The molecule has 0 aliphatic rings. The van der Waals surface area contributed by atoms with Gasteiger partial charge in [0.1, 0.15) is 11.2 Å². The zero-order valence-electron chi connectivity index (χ0n) is 13.9. The molecule has 124 valence electrons. The summed E-state index contributed by atoms with van der Waals surface area (Å²) in [6.45, 7) is 0. The molecule has 0 spiro atoms. The summed E-state index contributed by atoms with van der Waals surface area (Å²) in [4.78, 5) is 0. The van der Waals surface area contributed by atoms with E-state index in [0.29, 0.717) is 0 Å². The van der Waals surface area contributed by atoms with Gasteiger partial charge in [0.25, 0.3) is 0 Å². The van der Waals surface area contributed by atoms with Crippen LogP contribution in [0.15, 0.2) is 95.4 Å². The van der Waals surface area contributed by atoms with Crippen molar-refractivity contribution in [2.24, 2.45) is 0 Å². The molecular formula is C24H15ClO. The van der Waals surface area contributed by atoms with E-state index in [0.717, 1.165) is 38.1 Å². The Hall–Kier alpha value is -3.03. The molecule has 0 atom stereocenters. The summed E-state index contributed by atoms with van der Waals surface area (Å²) in [6, 6.07) is 31.0. The van der Waals surface area contributed by atoms with Gasteiger partial charge in [0.15, 0.2) is 0 Å². The van der Waals surface area contributed by atoms with Crippen molar-refractivity contribution < 1.29 is 4.42 Å². The number of hydrogen-bond acceptors (Lipinski definition) is 1. The second kappa shape index (κ2) is 6.05. The minimum atomic E-state index is 0.719. The third-order valence-corrected chi connectivity index (χ3v) is 5.07. The van der Waals surface area contributed by atoms with Crippen LogP contribution in [0.25, 0.3) is 44.2 Å². The number of fused-ring (bicyclic) bond motifs is 3. The van der Waals surface area contributed by atoms with Crippen LogP contribution >= 0.6 is 11.6 Å². The van der Waals surface area contributed by atoms with E-state index in [2.05, 4.69) is 66.7 Å². The Balaban J connectivity index is 1.75. The Bertz CT molecular complexity index is 1240. The van der Waals surface area contributed by atoms with Gasteiger partial charge >= 0.3 is 0 Å². The highest BCUT2D eigenvalue weighted by atomic mass is 35.5. The molecule has 0 N–H and O–H groups in total. The molecule has 0 fully saturated rings. The van der Waals surface area contributed by atoms with Gasteiger partial charge in [0.2, 0.25) is 0 Å². The molecule has 1 aromatic heterocycles. The maximum Gasteiger partial charge on any atom is 0.143 e. The Kier molecular flexibility index (Phi) is 3.55. The average molecular weight is 355 g/mol. The van der Waals surface area contributed by atoms with Crippen LogP contribution in [0.3, 0.4) is 0 Å². The topological polar surface area (TPSA) is 13.1 Å². The number of benzene rings is 4. The molecule has 26 heavy (non-hydrogen) atoms. The molecule has 0 aliphatic carbocycles. The molecule has 0 amide bonds. The molecule has 0 saturated carbocycles. The van der Waals surface area contributed by atoms with E-state index in [-0.39, 0.29) is 0 Å². The predicted octanol–water partition coefficient (Wildman–Crippen LogP) is 7.57. The van der Waals surface area contributed by atoms with Crippen LogP contribution in [0.2, 0.25) is 5.02 Å². The molecule has 1 heterocycles. The summed E-state index contributed by atoms with van der Waals surface area (Å²) in [7, 11) is 0. The third-order valence-electron chi connectivity index (χ3n) is 4.75. The molecule has 2 heteroatoms. The second-order valence-corrected chi connectivity index (χ2v) is 6.75. The van der Waals surface area contributed by atoms with Crippen molar-refractivity contribution in [2.75, 3.05) is 0 Å². The molecule has 4 aromatic carbocycles. The molecule has 0 radical (unpaired) electrons. The highest BCUT2D eigenvalue weighted by molar-refractivity contribution is 6.37. The van der Waals surface area contributed by atoms with Crippen LogP contribution in [0.4, 0.5) is 0 Å². The summed E-state index contributed by atoms with van der Waals surface area (Å²) in [6.07, 6.45) is 0. The molecule has 5 aromatic rings. The SMILES string of the molecule is Clc1cccc2oc3c(-c4cccc(-c5ccccc5)c4)cccc3c12. The van der Waals surface area contributed by atoms with Crippen LogP contribution < -0.4 is 0 Å². The third kappa shape index (κ3) is 2.40. The first kappa shape index (κ1) is 15.2. The number of para-hydroxylation sites is 1. The van der Waals surface area contributed by atoms with Gasteiger partial charge in [-0.2, -0.15) is 0 Å². The van der Waals surface area contributed by atoms with Crippen molar-refractivity contribution in [2.45, 2.75) is 0 Å². The predicted molar refractivity (Wildman–Crippen MR) is 110 cm³/mol. The lowest BCUT2D eigenvalue weighted by molar-refractivity contribution is 0.670. The standard InChI is InChI=1S/C24H15ClO/c25-21-13-6-14-22-23(21)20-12-5-11-19(24(20)26-22)18-10-4-9-17(15-18)16-7-2-1-3-8-16/h1-15H. The van der Waals surface area contributed by atoms with E-state index in [1.807, 2.05) is 24.3 Å². The fourth-order valence-electron chi connectivity index (χ4n) is 3.53. The molecule has 0 aliphatic heterocycles. The summed E-state index contributed by atoms with van der Waals surface area (Å²) in [5.74, 6) is 0. The van der Waals surface area contributed by atoms with Crippen molar-refractivity contribution in [3.63, 3.8) is 0 Å². The van der Waals surface area contributed by atoms with E-state index >= 15 is 0 Å². The van der Waals surface area contributed by atoms with E-state index < -0.39 is 0 Å². The summed E-state index contributed by atoms with van der Waals surface area (Å²) >= 11 is 6.42. The van der Waals surface area contributed by atoms with Crippen molar-refractivity contribution in [1.82, 2.24) is 0 Å². The smallest absolute Gasteiger partial charge is 0.143 e. The zero-order valence-corrected chi connectivity index (χ0v) is 14.7. The van der Waals surface area contributed by atoms with E-state index in [4.69, 9.17) is 16.0 Å². The Labute approximate surface area is 156 Å². The molecule has 0 unspecified atom stereocenters. The Morgan fingerprint density at radius 2 is 1.35 bits per heavy atom. The first-order chi connectivity index (χ1) is 12.8. The van der Waals surface area contributed by atoms with Gasteiger partial charge < -0.3 is 4.42 Å². The lowest BCUT2D eigenvalue weighted by Gasteiger charge is -2.07. The fraction of sp³-hybridized carbons (Fsp3) is 0.